The van der Waals surface area contributed by atoms with Crippen molar-refractivity contribution in [3.8, 4) is 11.4 Å². The van der Waals surface area contributed by atoms with Gasteiger partial charge in [0.1, 0.15) is 6.04 Å². The van der Waals surface area contributed by atoms with Crippen LogP contribution < -0.4 is 5.32 Å². The van der Waals surface area contributed by atoms with Crippen molar-refractivity contribution in [2.45, 2.75) is 45.6 Å². The molecular formula is C27H28ClN3O. The van der Waals surface area contributed by atoms with Crippen molar-refractivity contribution in [3.05, 3.63) is 100 Å². The molecule has 1 atom stereocenters. The molecule has 0 radical (unpaired) electrons. The van der Waals surface area contributed by atoms with Crippen LogP contribution in [0, 0.1) is 0 Å². The summed E-state index contributed by atoms with van der Waals surface area (Å²) in [5.41, 5.74) is 5.46. The highest BCUT2D eigenvalue weighted by Gasteiger charge is 2.25. The Kier molecular flexibility index (Phi) is 6.61. The Bertz CT molecular complexity index is 1160. The molecule has 1 heterocycles. The summed E-state index contributed by atoms with van der Waals surface area (Å²) in [7, 11) is 0. The minimum absolute atomic E-state index is 0.294. The van der Waals surface area contributed by atoms with Crippen molar-refractivity contribution in [1.82, 2.24) is 10.1 Å². The van der Waals surface area contributed by atoms with Crippen molar-refractivity contribution in [2.24, 2.45) is 0 Å². The fourth-order valence-corrected chi connectivity index (χ4v) is 4.12. The lowest BCUT2D eigenvalue weighted by atomic mass is 9.91. The minimum atomic E-state index is -0.294. The first-order valence-corrected chi connectivity index (χ1v) is 11.4. The summed E-state index contributed by atoms with van der Waals surface area (Å²) in [6, 6.07) is 23.9. The molecule has 0 fully saturated rings. The van der Waals surface area contributed by atoms with E-state index in [2.05, 4.69) is 68.5 Å². The first-order chi connectivity index (χ1) is 15.5. The molecule has 4 rings (SSSR count). The number of rotatable bonds is 7. The number of aromatic nitrogens is 2. The number of anilines is 1. The van der Waals surface area contributed by atoms with Gasteiger partial charge in [0.25, 0.3) is 5.89 Å². The number of hydrogen-bond acceptors (Lipinski definition) is 4. The van der Waals surface area contributed by atoms with Gasteiger partial charge >= 0.3 is 0 Å². The normalized spacial score (nSPS) is 12.3. The van der Waals surface area contributed by atoms with E-state index in [0.717, 1.165) is 16.8 Å². The van der Waals surface area contributed by atoms with Gasteiger partial charge in [0.05, 0.1) is 5.02 Å². The topological polar surface area (TPSA) is 51.0 Å². The second kappa shape index (κ2) is 9.58. The zero-order valence-electron chi connectivity index (χ0n) is 18.8. The highest BCUT2D eigenvalue weighted by atomic mass is 35.5. The third kappa shape index (κ3) is 4.56. The number of para-hydroxylation sites is 1. The maximum atomic E-state index is 6.37. The molecule has 0 spiro atoms. The zero-order chi connectivity index (χ0) is 22.7. The number of nitrogens with one attached hydrogen (secondary N) is 1. The van der Waals surface area contributed by atoms with Crippen LogP contribution in [-0.4, -0.2) is 10.1 Å². The summed E-state index contributed by atoms with van der Waals surface area (Å²) >= 11 is 6.37. The fourth-order valence-electron chi connectivity index (χ4n) is 3.90. The Labute approximate surface area is 194 Å². The molecule has 0 aliphatic rings. The summed E-state index contributed by atoms with van der Waals surface area (Å²) in [4.78, 5) is 4.74. The van der Waals surface area contributed by atoms with Crippen molar-refractivity contribution in [1.29, 1.82) is 0 Å². The molecule has 1 N–H and O–H groups in total. The molecule has 32 heavy (non-hydrogen) atoms. The van der Waals surface area contributed by atoms with Gasteiger partial charge in [0.2, 0.25) is 5.82 Å². The van der Waals surface area contributed by atoms with Crippen molar-refractivity contribution >= 4 is 17.3 Å². The van der Waals surface area contributed by atoms with Gasteiger partial charge in [-0.25, -0.2) is 0 Å². The Morgan fingerprint density at radius 3 is 2.03 bits per heavy atom. The van der Waals surface area contributed by atoms with Crippen LogP contribution in [0.2, 0.25) is 5.02 Å². The van der Waals surface area contributed by atoms with Gasteiger partial charge in [-0.1, -0.05) is 105 Å². The lowest BCUT2D eigenvalue weighted by molar-refractivity contribution is 0.372. The predicted octanol–water partition coefficient (Wildman–Crippen LogP) is 7.84. The summed E-state index contributed by atoms with van der Waals surface area (Å²) in [5, 5.41) is 8.60. The van der Waals surface area contributed by atoms with Gasteiger partial charge in [0, 0.05) is 11.3 Å². The monoisotopic (exact) mass is 445 g/mol. The molecule has 0 aliphatic heterocycles. The highest BCUT2D eigenvalue weighted by molar-refractivity contribution is 6.33. The largest absolute Gasteiger partial charge is 0.370 e. The highest BCUT2D eigenvalue weighted by Crippen LogP contribution is 2.37. The minimum Gasteiger partial charge on any atom is -0.370 e. The van der Waals surface area contributed by atoms with E-state index in [4.69, 9.17) is 21.1 Å². The number of hydrogen-bond donors (Lipinski definition) is 1. The van der Waals surface area contributed by atoms with Crippen LogP contribution in [0.5, 0.6) is 0 Å². The maximum Gasteiger partial charge on any atom is 0.254 e. The lowest BCUT2D eigenvalue weighted by Crippen LogP contribution is -2.16. The van der Waals surface area contributed by atoms with Crippen molar-refractivity contribution in [2.75, 3.05) is 5.32 Å². The van der Waals surface area contributed by atoms with Crippen molar-refractivity contribution < 1.29 is 4.52 Å². The summed E-state index contributed by atoms with van der Waals surface area (Å²) < 4.78 is 5.78. The first-order valence-electron chi connectivity index (χ1n) is 11.0. The Morgan fingerprint density at radius 1 is 0.781 bits per heavy atom. The fraction of sp³-hybridized carbons (Fsp3) is 0.259. The van der Waals surface area contributed by atoms with E-state index < -0.39 is 0 Å². The van der Waals surface area contributed by atoms with E-state index >= 15 is 0 Å². The van der Waals surface area contributed by atoms with Crippen LogP contribution in [-0.2, 0) is 0 Å². The molecule has 1 unspecified atom stereocenters. The number of halogens is 1. The van der Waals surface area contributed by atoms with Gasteiger partial charge in [-0.05, 0) is 40.7 Å². The molecule has 4 nitrogen and oxygen atoms in total. The average Bonchev–Trinajstić information content (AvgIpc) is 3.27. The van der Waals surface area contributed by atoms with Gasteiger partial charge in [-0.15, -0.1) is 0 Å². The van der Waals surface area contributed by atoms with Gasteiger partial charge < -0.3 is 9.84 Å². The third-order valence-corrected chi connectivity index (χ3v) is 5.93. The van der Waals surface area contributed by atoms with Crippen LogP contribution >= 0.6 is 11.6 Å². The third-order valence-electron chi connectivity index (χ3n) is 5.60. The van der Waals surface area contributed by atoms with Gasteiger partial charge in [-0.3, -0.25) is 0 Å². The molecule has 164 valence electrons. The SMILES string of the molecule is CC(C)c1cccc(C(C)C)c1NC(c1ccccc1)c1nc(-c2ccccc2Cl)no1. The first kappa shape index (κ1) is 22.1. The molecule has 5 heteroatoms. The second-order valence-electron chi connectivity index (χ2n) is 8.54. The molecule has 0 amide bonds. The van der Waals surface area contributed by atoms with Gasteiger partial charge in [0.15, 0.2) is 0 Å². The second-order valence-corrected chi connectivity index (χ2v) is 8.95. The van der Waals surface area contributed by atoms with Crippen LogP contribution in [0.25, 0.3) is 11.4 Å². The standard InChI is InChI=1S/C27H28ClN3O/c1-17(2)20-14-10-15-21(18(3)4)25(20)29-24(19-11-6-5-7-12-19)27-30-26(31-32-27)22-13-8-9-16-23(22)28/h5-18,24,29H,1-4H3. The zero-order valence-corrected chi connectivity index (χ0v) is 19.6. The van der Waals surface area contributed by atoms with Gasteiger partial charge in [-0.2, -0.15) is 4.98 Å². The van der Waals surface area contributed by atoms with E-state index in [1.54, 1.807) is 0 Å². The van der Waals surface area contributed by atoms with E-state index in [9.17, 15) is 0 Å². The number of benzene rings is 3. The molecule has 4 aromatic rings. The van der Waals surface area contributed by atoms with Crippen LogP contribution in [0.15, 0.2) is 77.3 Å². The average molecular weight is 446 g/mol. The Hall–Kier alpha value is -3.11. The quantitative estimate of drug-likeness (QED) is 0.314. The summed E-state index contributed by atoms with van der Waals surface area (Å²) in [6.07, 6.45) is 0. The molecule has 0 saturated heterocycles. The number of nitrogens with zero attached hydrogens (tertiary/aromatic N) is 2. The van der Waals surface area contributed by atoms with Crippen LogP contribution in [0.3, 0.4) is 0 Å². The predicted molar refractivity (Wildman–Crippen MR) is 131 cm³/mol. The molecular weight excluding hydrogens is 418 g/mol. The van der Waals surface area contributed by atoms with Crippen LogP contribution in [0.1, 0.15) is 68.2 Å². The summed E-state index contributed by atoms with van der Waals surface area (Å²) in [6.45, 7) is 8.85. The van der Waals surface area contributed by atoms with E-state index in [-0.39, 0.29) is 6.04 Å². The van der Waals surface area contributed by atoms with E-state index in [0.29, 0.717) is 28.6 Å². The van der Waals surface area contributed by atoms with E-state index in [1.165, 1.54) is 11.1 Å². The van der Waals surface area contributed by atoms with Crippen LogP contribution in [0.4, 0.5) is 5.69 Å². The molecule has 0 aliphatic carbocycles. The summed E-state index contributed by atoms with van der Waals surface area (Å²) in [5.74, 6) is 1.72. The molecule has 0 saturated carbocycles. The smallest absolute Gasteiger partial charge is 0.254 e. The molecule has 1 aromatic heterocycles. The molecule has 0 bridgehead atoms. The maximum absolute atomic E-state index is 6.37. The Morgan fingerprint density at radius 2 is 1.41 bits per heavy atom. The van der Waals surface area contributed by atoms with E-state index in [1.807, 2.05) is 42.5 Å². The molecule has 3 aromatic carbocycles. The lowest BCUT2D eigenvalue weighted by Gasteiger charge is -2.25. The van der Waals surface area contributed by atoms with Crippen molar-refractivity contribution in [3.63, 3.8) is 0 Å². The Balaban J connectivity index is 1.81.